The van der Waals surface area contributed by atoms with E-state index in [4.69, 9.17) is 11.6 Å². The molecule has 3 amide bonds. The quantitative estimate of drug-likeness (QED) is 0.669. The number of fused-ring (bicyclic) bond motifs is 1. The number of hydrogen-bond donors (Lipinski definition) is 2. The molecular weight excluding hydrogens is 440 g/mol. The van der Waals surface area contributed by atoms with Crippen LogP contribution in [-0.4, -0.2) is 35.7 Å². The predicted octanol–water partition coefficient (Wildman–Crippen LogP) is 3.92. The van der Waals surface area contributed by atoms with E-state index >= 15 is 0 Å². The van der Waals surface area contributed by atoms with E-state index in [1.807, 2.05) is 0 Å². The lowest BCUT2D eigenvalue weighted by Crippen LogP contribution is -2.43. The van der Waals surface area contributed by atoms with E-state index in [9.17, 15) is 18.0 Å². The van der Waals surface area contributed by atoms with Crippen LogP contribution in [0, 0.1) is 0 Å². The molecular formula is C21H23ClN4O4S. The second kappa shape index (κ2) is 8.84. The Labute approximate surface area is 186 Å². The molecule has 0 atom stereocenters. The van der Waals surface area contributed by atoms with Crippen molar-refractivity contribution in [2.24, 2.45) is 0 Å². The Hall–Kier alpha value is -2.65. The fourth-order valence-electron chi connectivity index (χ4n) is 3.87. The SMILES string of the molecule is O=C(NC1CCCCCC1)c1ccc(CN2C(=O)Nc3ccc(Cl)cc3S2(=O)=O)nc1. The number of rotatable bonds is 4. The van der Waals surface area contributed by atoms with Crippen LogP contribution in [0.4, 0.5) is 10.5 Å². The Morgan fingerprint density at radius 1 is 1.16 bits per heavy atom. The van der Waals surface area contributed by atoms with Gasteiger partial charge in [-0.25, -0.2) is 17.5 Å². The van der Waals surface area contributed by atoms with E-state index < -0.39 is 16.1 Å². The molecule has 4 rings (SSSR count). The first-order valence-corrected chi connectivity index (χ1v) is 12.1. The summed E-state index contributed by atoms with van der Waals surface area (Å²) in [6.07, 6.45) is 7.99. The fourth-order valence-corrected chi connectivity index (χ4v) is 5.58. The van der Waals surface area contributed by atoms with Gasteiger partial charge in [0, 0.05) is 17.3 Å². The van der Waals surface area contributed by atoms with Crippen molar-refractivity contribution in [3.8, 4) is 0 Å². The number of hydrogen-bond acceptors (Lipinski definition) is 5. The van der Waals surface area contributed by atoms with E-state index in [2.05, 4.69) is 15.6 Å². The normalized spacial score (nSPS) is 18.6. The van der Waals surface area contributed by atoms with Gasteiger partial charge in [0.2, 0.25) is 0 Å². The van der Waals surface area contributed by atoms with Crippen LogP contribution in [0.25, 0.3) is 0 Å². The highest BCUT2D eigenvalue weighted by Gasteiger charge is 2.37. The average Bonchev–Trinajstić information content (AvgIpc) is 3.01. The summed E-state index contributed by atoms with van der Waals surface area (Å²) in [6, 6.07) is 6.80. The van der Waals surface area contributed by atoms with E-state index in [0.29, 0.717) is 15.6 Å². The van der Waals surface area contributed by atoms with Crippen LogP contribution >= 0.6 is 11.6 Å². The van der Waals surface area contributed by atoms with Crippen molar-refractivity contribution in [1.29, 1.82) is 0 Å². The summed E-state index contributed by atoms with van der Waals surface area (Å²) < 4.78 is 26.5. The summed E-state index contributed by atoms with van der Waals surface area (Å²) in [7, 11) is -4.08. The third-order valence-corrected chi connectivity index (χ3v) is 7.57. The number of pyridine rings is 1. The monoisotopic (exact) mass is 462 g/mol. The van der Waals surface area contributed by atoms with Crippen LogP contribution in [0.3, 0.4) is 0 Å². The van der Waals surface area contributed by atoms with Gasteiger partial charge in [0.25, 0.3) is 15.9 Å². The average molecular weight is 463 g/mol. The van der Waals surface area contributed by atoms with Crippen LogP contribution < -0.4 is 10.6 Å². The van der Waals surface area contributed by atoms with E-state index in [1.165, 1.54) is 37.2 Å². The van der Waals surface area contributed by atoms with E-state index in [0.717, 1.165) is 25.7 Å². The molecule has 0 spiro atoms. The third kappa shape index (κ3) is 4.67. The first-order chi connectivity index (χ1) is 14.8. The molecule has 1 saturated carbocycles. The molecule has 8 nitrogen and oxygen atoms in total. The molecule has 2 aromatic rings. The van der Waals surface area contributed by atoms with Gasteiger partial charge < -0.3 is 10.6 Å². The first kappa shape index (κ1) is 21.6. The Bertz CT molecular complexity index is 1100. The molecule has 2 aliphatic rings. The van der Waals surface area contributed by atoms with Crippen molar-refractivity contribution in [3.63, 3.8) is 0 Å². The van der Waals surface area contributed by atoms with Crippen LogP contribution in [0.5, 0.6) is 0 Å². The number of urea groups is 1. The molecule has 2 N–H and O–H groups in total. The zero-order valence-electron chi connectivity index (χ0n) is 16.8. The Morgan fingerprint density at radius 3 is 2.58 bits per heavy atom. The summed E-state index contributed by atoms with van der Waals surface area (Å²) in [6.45, 7) is -0.259. The predicted molar refractivity (Wildman–Crippen MR) is 116 cm³/mol. The maximum atomic E-state index is 12.9. The zero-order chi connectivity index (χ0) is 22.0. The maximum absolute atomic E-state index is 12.9. The summed E-state index contributed by atoms with van der Waals surface area (Å²) in [5, 5.41) is 5.85. The Balaban J connectivity index is 1.47. The van der Waals surface area contributed by atoms with Gasteiger partial charge in [0.1, 0.15) is 4.90 Å². The van der Waals surface area contributed by atoms with Crippen molar-refractivity contribution in [1.82, 2.24) is 14.6 Å². The van der Waals surface area contributed by atoms with Crippen molar-refractivity contribution in [2.75, 3.05) is 5.32 Å². The molecule has 0 unspecified atom stereocenters. The lowest BCUT2D eigenvalue weighted by Gasteiger charge is -2.28. The Kier molecular flexibility index (Phi) is 6.15. The summed E-state index contributed by atoms with van der Waals surface area (Å²) >= 11 is 5.93. The number of amides is 3. The number of carbonyl (C=O) groups is 2. The third-order valence-electron chi connectivity index (χ3n) is 5.56. The molecule has 0 bridgehead atoms. The number of aromatic nitrogens is 1. The molecule has 1 aliphatic heterocycles. The molecule has 1 aromatic carbocycles. The number of carbonyl (C=O) groups excluding carboxylic acids is 2. The van der Waals surface area contributed by atoms with E-state index in [-0.39, 0.29) is 34.1 Å². The highest BCUT2D eigenvalue weighted by atomic mass is 35.5. The molecule has 164 valence electrons. The zero-order valence-corrected chi connectivity index (χ0v) is 18.4. The molecule has 1 fully saturated rings. The molecule has 2 heterocycles. The summed E-state index contributed by atoms with van der Waals surface area (Å²) in [4.78, 5) is 29.0. The smallest absolute Gasteiger partial charge is 0.336 e. The van der Waals surface area contributed by atoms with E-state index in [1.54, 1.807) is 12.1 Å². The largest absolute Gasteiger partial charge is 0.349 e. The minimum absolute atomic E-state index is 0.0704. The van der Waals surface area contributed by atoms with Crippen molar-refractivity contribution >= 4 is 39.2 Å². The standard InChI is InChI=1S/C21H23ClN4O4S/c22-15-8-10-18-19(11-15)31(29,30)26(21(28)25-18)13-17-9-7-14(12-23-17)20(27)24-16-5-3-1-2-4-6-16/h7-12,16H,1-6,13H2,(H,24,27)(H,25,28). The van der Waals surface area contributed by atoms with Crippen LogP contribution in [0.15, 0.2) is 41.4 Å². The molecule has 1 aliphatic carbocycles. The van der Waals surface area contributed by atoms with Crippen LogP contribution in [0.2, 0.25) is 5.02 Å². The molecule has 10 heteroatoms. The van der Waals surface area contributed by atoms with Gasteiger partial charge >= 0.3 is 6.03 Å². The summed E-state index contributed by atoms with van der Waals surface area (Å²) in [5.74, 6) is -0.196. The second-order valence-corrected chi connectivity index (χ2v) is 10.0. The number of sulfonamides is 1. The van der Waals surface area contributed by atoms with Gasteiger partial charge in [-0.1, -0.05) is 37.3 Å². The molecule has 0 radical (unpaired) electrons. The van der Waals surface area contributed by atoms with Crippen LogP contribution in [-0.2, 0) is 16.6 Å². The topological polar surface area (TPSA) is 108 Å². The lowest BCUT2D eigenvalue weighted by molar-refractivity contribution is 0.0933. The van der Waals surface area contributed by atoms with Gasteiger partial charge in [-0.05, 0) is 43.2 Å². The second-order valence-electron chi connectivity index (χ2n) is 7.78. The first-order valence-electron chi connectivity index (χ1n) is 10.2. The van der Waals surface area contributed by atoms with Crippen molar-refractivity contribution in [2.45, 2.75) is 56.0 Å². The molecule has 1 aromatic heterocycles. The minimum atomic E-state index is -4.08. The highest BCUT2D eigenvalue weighted by molar-refractivity contribution is 7.90. The number of benzene rings is 1. The molecule has 0 saturated heterocycles. The number of halogens is 1. The number of nitrogens with zero attached hydrogens (tertiary/aromatic N) is 2. The number of nitrogens with one attached hydrogen (secondary N) is 2. The van der Waals surface area contributed by atoms with Crippen molar-refractivity contribution < 1.29 is 18.0 Å². The molecule has 31 heavy (non-hydrogen) atoms. The minimum Gasteiger partial charge on any atom is -0.349 e. The van der Waals surface area contributed by atoms with Crippen LogP contribution in [0.1, 0.15) is 54.6 Å². The van der Waals surface area contributed by atoms with Gasteiger partial charge in [-0.2, -0.15) is 0 Å². The van der Waals surface area contributed by atoms with Gasteiger partial charge in [0.05, 0.1) is 23.5 Å². The maximum Gasteiger partial charge on any atom is 0.336 e. The van der Waals surface area contributed by atoms with Crippen molar-refractivity contribution in [3.05, 3.63) is 52.8 Å². The Morgan fingerprint density at radius 2 is 1.90 bits per heavy atom. The number of anilines is 1. The van der Waals surface area contributed by atoms with Gasteiger partial charge in [-0.15, -0.1) is 0 Å². The summed E-state index contributed by atoms with van der Waals surface area (Å²) in [5.41, 5.74) is 0.926. The fraction of sp³-hybridized carbons (Fsp3) is 0.381. The highest BCUT2D eigenvalue weighted by Crippen LogP contribution is 2.33. The van der Waals surface area contributed by atoms with Gasteiger partial charge in [-0.3, -0.25) is 9.78 Å². The van der Waals surface area contributed by atoms with Gasteiger partial charge in [0.15, 0.2) is 0 Å². The lowest BCUT2D eigenvalue weighted by atomic mass is 10.1.